The van der Waals surface area contributed by atoms with E-state index >= 15 is 0 Å². The van der Waals surface area contributed by atoms with Gasteiger partial charge in [0.05, 0.1) is 11.4 Å². The molecule has 3 rings (SSSR count). The van der Waals surface area contributed by atoms with Crippen molar-refractivity contribution in [2.45, 2.75) is 34.1 Å². The summed E-state index contributed by atoms with van der Waals surface area (Å²) in [7, 11) is 0. The molecule has 20 heavy (non-hydrogen) atoms. The molecule has 0 saturated carbocycles. The van der Waals surface area contributed by atoms with Crippen LogP contribution in [0, 0.1) is 20.8 Å². The van der Waals surface area contributed by atoms with Gasteiger partial charge in [-0.2, -0.15) is 0 Å². The lowest BCUT2D eigenvalue weighted by molar-refractivity contribution is 1.08. The van der Waals surface area contributed by atoms with Crippen LogP contribution in [0.5, 0.6) is 0 Å². The van der Waals surface area contributed by atoms with Gasteiger partial charge < -0.3 is 0 Å². The Hall–Kier alpha value is -2.09. The van der Waals surface area contributed by atoms with Crippen LogP contribution in [-0.2, 0) is 6.42 Å². The van der Waals surface area contributed by atoms with E-state index in [9.17, 15) is 0 Å². The summed E-state index contributed by atoms with van der Waals surface area (Å²) in [5.74, 6) is 0. The van der Waals surface area contributed by atoms with E-state index in [0.717, 1.165) is 17.8 Å². The van der Waals surface area contributed by atoms with Crippen molar-refractivity contribution < 1.29 is 0 Å². The summed E-state index contributed by atoms with van der Waals surface area (Å²) < 4.78 is 2.25. The number of hydrogen-bond acceptors (Lipinski definition) is 1. The number of aryl methyl sites for hydroxylation is 4. The Morgan fingerprint density at radius 1 is 1.00 bits per heavy atom. The van der Waals surface area contributed by atoms with E-state index in [4.69, 9.17) is 4.98 Å². The molecule has 0 aliphatic heterocycles. The van der Waals surface area contributed by atoms with Gasteiger partial charge in [-0.15, -0.1) is 0 Å². The molecule has 2 nitrogen and oxygen atoms in total. The quantitative estimate of drug-likeness (QED) is 0.666. The highest BCUT2D eigenvalue weighted by Gasteiger charge is 2.12. The third-order valence-electron chi connectivity index (χ3n) is 3.86. The fraction of sp³-hybridized carbons (Fsp3) is 0.278. The SMILES string of the molecule is CCc1ccc(-c2c(C)nc3cc(C)cc(C)n23)cc1. The Bertz CT molecular complexity index is 764. The average molecular weight is 264 g/mol. The lowest BCUT2D eigenvalue weighted by Crippen LogP contribution is -1.95. The van der Waals surface area contributed by atoms with E-state index in [-0.39, 0.29) is 0 Å². The van der Waals surface area contributed by atoms with Crippen molar-refractivity contribution in [2.24, 2.45) is 0 Å². The van der Waals surface area contributed by atoms with E-state index in [1.807, 2.05) is 0 Å². The summed E-state index contributed by atoms with van der Waals surface area (Å²) in [5, 5.41) is 0. The van der Waals surface area contributed by atoms with Crippen LogP contribution in [0.25, 0.3) is 16.9 Å². The van der Waals surface area contributed by atoms with Gasteiger partial charge in [-0.3, -0.25) is 4.40 Å². The van der Waals surface area contributed by atoms with Crippen molar-refractivity contribution in [1.82, 2.24) is 9.38 Å². The highest BCUT2D eigenvalue weighted by molar-refractivity contribution is 5.68. The largest absolute Gasteiger partial charge is 0.297 e. The molecule has 0 unspecified atom stereocenters. The zero-order valence-corrected chi connectivity index (χ0v) is 12.6. The summed E-state index contributed by atoms with van der Waals surface area (Å²) >= 11 is 0. The first kappa shape index (κ1) is 12.9. The molecule has 2 heterocycles. The standard InChI is InChI=1S/C18H20N2/c1-5-15-6-8-16(9-7-15)18-14(4)19-17-11-12(2)10-13(3)20(17)18/h6-11H,5H2,1-4H3. The molecule has 0 radical (unpaired) electrons. The molecule has 0 bridgehead atoms. The lowest BCUT2D eigenvalue weighted by atomic mass is 10.1. The molecule has 0 fully saturated rings. The smallest absolute Gasteiger partial charge is 0.137 e. The molecule has 0 atom stereocenters. The molecular weight excluding hydrogens is 244 g/mol. The zero-order valence-electron chi connectivity index (χ0n) is 12.6. The first-order valence-electron chi connectivity index (χ1n) is 7.15. The topological polar surface area (TPSA) is 17.3 Å². The van der Waals surface area contributed by atoms with Gasteiger partial charge in [0.2, 0.25) is 0 Å². The van der Waals surface area contributed by atoms with Crippen LogP contribution in [0.3, 0.4) is 0 Å². The minimum absolute atomic E-state index is 1.04. The molecule has 2 heteroatoms. The molecule has 1 aromatic carbocycles. The fourth-order valence-corrected chi connectivity index (χ4v) is 2.88. The summed E-state index contributed by atoms with van der Waals surface area (Å²) in [6.45, 7) is 8.53. The van der Waals surface area contributed by atoms with Crippen LogP contribution in [-0.4, -0.2) is 9.38 Å². The van der Waals surface area contributed by atoms with Gasteiger partial charge in [0.25, 0.3) is 0 Å². The third-order valence-corrected chi connectivity index (χ3v) is 3.86. The molecule has 0 spiro atoms. The Balaban J connectivity index is 2.26. The van der Waals surface area contributed by atoms with Crippen LogP contribution >= 0.6 is 0 Å². The van der Waals surface area contributed by atoms with Crippen LogP contribution in [0.15, 0.2) is 36.4 Å². The van der Waals surface area contributed by atoms with Gasteiger partial charge in [0.1, 0.15) is 5.65 Å². The van der Waals surface area contributed by atoms with Crippen molar-refractivity contribution in [3.63, 3.8) is 0 Å². The minimum Gasteiger partial charge on any atom is -0.297 e. The summed E-state index contributed by atoms with van der Waals surface area (Å²) in [5.41, 5.74) is 8.42. The van der Waals surface area contributed by atoms with Gasteiger partial charge in [-0.25, -0.2) is 4.98 Å². The van der Waals surface area contributed by atoms with Gasteiger partial charge in [-0.1, -0.05) is 31.2 Å². The van der Waals surface area contributed by atoms with Gasteiger partial charge in [-0.05, 0) is 50.5 Å². The van der Waals surface area contributed by atoms with Gasteiger partial charge >= 0.3 is 0 Å². The number of aromatic nitrogens is 2. The van der Waals surface area contributed by atoms with E-state index in [1.54, 1.807) is 0 Å². The molecule has 102 valence electrons. The van der Waals surface area contributed by atoms with Crippen LogP contribution in [0.1, 0.15) is 29.4 Å². The maximum atomic E-state index is 4.72. The number of hydrogen-bond donors (Lipinski definition) is 0. The van der Waals surface area contributed by atoms with E-state index in [1.165, 1.54) is 28.1 Å². The van der Waals surface area contributed by atoms with Crippen LogP contribution < -0.4 is 0 Å². The molecule has 0 saturated heterocycles. The second kappa shape index (κ2) is 4.78. The fourth-order valence-electron chi connectivity index (χ4n) is 2.88. The maximum Gasteiger partial charge on any atom is 0.137 e. The molecule has 2 aromatic heterocycles. The third kappa shape index (κ3) is 2.01. The van der Waals surface area contributed by atoms with E-state index in [0.29, 0.717) is 0 Å². The van der Waals surface area contributed by atoms with Crippen molar-refractivity contribution in [1.29, 1.82) is 0 Å². The van der Waals surface area contributed by atoms with Crippen molar-refractivity contribution in [3.8, 4) is 11.3 Å². The Morgan fingerprint density at radius 2 is 1.70 bits per heavy atom. The van der Waals surface area contributed by atoms with Crippen LogP contribution in [0.4, 0.5) is 0 Å². The van der Waals surface area contributed by atoms with Crippen molar-refractivity contribution >= 4 is 5.65 Å². The van der Waals surface area contributed by atoms with Crippen molar-refractivity contribution in [2.75, 3.05) is 0 Å². The molecule has 0 amide bonds. The summed E-state index contributed by atoms with van der Waals surface area (Å²) in [6.07, 6.45) is 1.07. The number of benzene rings is 1. The minimum atomic E-state index is 1.04. The Morgan fingerprint density at radius 3 is 2.35 bits per heavy atom. The second-order valence-corrected chi connectivity index (χ2v) is 5.46. The van der Waals surface area contributed by atoms with E-state index in [2.05, 4.69) is 68.5 Å². The predicted octanol–water partition coefficient (Wildman–Crippen LogP) is 4.49. The molecule has 3 aromatic rings. The molecular formula is C18H20N2. The zero-order chi connectivity index (χ0) is 14.3. The lowest BCUT2D eigenvalue weighted by Gasteiger charge is -2.08. The van der Waals surface area contributed by atoms with Gasteiger partial charge in [0.15, 0.2) is 0 Å². The number of fused-ring (bicyclic) bond motifs is 1. The Labute approximate surface area is 120 Å². The second-order valence-electron chi connectivity index (χ2n) is 5.46. The van der Waals surface area contributed by atoms with E-state index < -0.39 is 0 Å². The molecule has 0 aliphatic rings. The van der Waals surface area contributed by atoms with Gasteiger partial charge in [0, 0.05) is 11.3 Å². The first-order valence-corrected chi connectivity index (χ1v) is 7.15. The monoisotopic (exact) mass is 264 g/mol. The van der Waals surface area contributed by atoms with Crippen molar-refractivity contribution in [3.05, 3.63) is 58.9 Å². The normalized spacial score (nSPS) is 11.2. The highest BCUT2D eigenvalue weighted by Crippen LogP contribution is 2.27. The Kier molecular flexibility index (Phi) is 3.09. The summed E-state index contributed by atoms with van der Waals surface area (Å²) in [6, 6.07) is 13.2. The molecule has 0 aliphatic carbocycles. The average Bonchev–Trinajstić information content (AvgIpc) is 2.75. The number of rotatable bonds is 2. The van der Waals surface area contributed by atoms with Crippen LogP contribution in [0.2, 0.25) is 0 Å². The number of pyridine rings is 1. The summed E-state index contributed by atoms with van der Waals surface area (Å²) in [4.78, 5) is 4.72. The molecule has 0 N–H and O–H groups in total. The first-order chi connectivity index (χ1) is 9.60. The maximum absolute atomic E-state index is 4.72. The number of imidazole rings is 1. The highest BCUT2D eigenvalue weighted by atomic mass is 15.0. The number of nitrogens with zero attached hydrogens (tertiary/aromatic N) is 2. The predicted molar refractivity (Wildman–Crippen MR) is 84.2 cm³/mol.